The van der Waals surface area contributed by atoms with Crippen LogP contribution in [0.2, 0.25) is 5.02 Å². The number of hydrogen-bond donors (Lipinski definition) is 1. The van der Waals surface area contributed by atoms with E-state index in [-0.39, 0.29) is 12.2 Å². The fraction of sp³-hybridized carbons (Fsp3) is 0.143. The minimum absolute atomic E-state index is 0.0601. The molecule has 0 saturated carbocycles. The van der Waals surface area contributed by atoms with Crippen molar-refractivity contribution in [2.75, 3.05) is 11.9 Å². The van der Waals surface area contributed by atoms with E-state index < -0.39 is 15.9 Å². The largest absolute Gasteiger partial charge is 0.372 e. The molecule has 0 aliphatic rings. The van der Waals surface area contributed by atoms with Gasteiger partial charge in [0.05, 0.1) is 4.92 Å². The number of nitro benzene ring substituents is 1. The molecule has 114 valence electrons. The average Bonchev–Trinajstić information content (AvgIpc) is 2.48. The van der Waals surface area contributed by atoms with Crippen molar-refractivity contribution in [3.8, 4) is 0 Å². The van der Waals surface area contributed by atoms with Crippen LogP contribution in [-0.2, 0) is 0 Å². The van der Waals surface area contributed by atoms with Crippen molar-refractivity contribution in [3.63, 3.8) is 0 Å². The molecule has 0 spiro atoms. The Morgan fingerprint density at radius 1 is 1.00 bits per heavy atom. The lowest BCUT2D eigenvalue weighted by atomic mass is 10.1. The highest BCUT2D eigenvalue weighted by Crippen LogP contribution is 2.23. The standard InChI is InChI=1S/C14H12ClN3O4/c15-11-3-5-12(6-4-11)16-14(9-17(19)20)10-1-7-13(8-2-10)18(21)22/h1-8,14,16H,9H2. The molecule has 7 nitrogen and oxygen atoms in total. The molecule has 0 saturated heterocycles. The van der Waals surface area contributed by atoms with Gasteiger partial charge in [-0.15, -0.1) is 0 Å². The SMILES string of the molecule is O=[N+]([O-])CC(Nc1ccc(Cl)cc1)c1ccc([N+](=O)[O-])cc1. The van der Waals surface area contributed by atoms with E-state index >= 15 is 0 Å². The van der Waals surface area contributed by atoms with Gasteiger partial charge in [-0.1, -0.05) is 11.6 Å². The fourth-order valence-electron chi connectivity index (χ4n) is 1.96. The van der Waals surface area contributed by atoms with Gasteiger partial charge in [0, 0.05) is 27.8 Å². The third-order valence-electron chi connectivity index (χ3n) is 3.02. The Labute approximate surface area is 130 Å². The zero-order chi connectivity index (χ0) is 16.1. The number of non-ortho nitro benzene ring substituents is 1. The topological polar surface area (TPSA) is 98.3 Å². The van der Waals surface area contributed by atoms with Crippen LogP contribution in [0.4, 0.5) is 11.4 Å². The minimum atomic E-state index is -0.600. The number of benzene rings is 2. The van der Waals surface area contributed by atoms with Crippen molar-refractivity contribution >= 4 is 23.0 Å². The maximum Gasteiger partial charge on any atom is 0.269 e. The van der Waals surface area contributed by atoms with Crippen LogP contribution in [0.5, 0.6) is 0 Å². The van der Waals surface area contributed by atoms with Crippen molar-refractivity contribution in [1.82, 2.24) is 0 Å². The van der Waals surface area contributed by atoms with Crippen molar-refractivity contribution in [3.05, 3.63) is 79.3 Å². The predicted molar refractivity (Wildman–Crippen MR) is 82.8 cm³/mol. The van der Waals surface area contributed by atoms with E-state index in [1.165, 1.54) is 24.3 Å². The molecule has 1 unspecified atom stereocenters. The van der Waals surface area contributed by atoms with E-state index in [1.807, 2.05) is 0 Å². The van der Waals surface area contributed by atoms with Gasteiger partial charge in [-0.05, 0) is 42.0 Å². The van der Waals surface area contributed by atoms with Gasteiger partial charge < -0.3 is 5.32 Å². The number of nitro groups is 2. The summed E-state index contributed by atoms with van der Waals surface area (Å²) in [6.45, 7) is -0.347. The molecule has 8 heteroatoms. The van der Waals surface area contributed by atoms with Crippen LogP contribution in [0.3, 0.4) is 0 Å². The van der Waals surface area contributed by atoms with Crippen LogP contribution in [0, 0.1) is 20.2 Å². The molecule has 0 amide bonds. The fourth-order valence-corrected chi connectivity index (χ4v) is 2.09. The maximum atomic E-state index is 10.8. The van der Waals surface area contributed by atoms with Gasteiger partial charge in [0.25, 0.3) is 5.69 Å². The maximum absolute atomic E-state index is 10.8. The van der Waals surface area contributed by atoms with Crippen molar-refractivity contribution in [1.29, 1.82) is 0 Å². The summed E-state index contributed by atoms with van der Waals surface area (Å²) < 4.78 is 0. The lowest BCUT2D eigenvalue weighted by Gasteiger charge is -2.16. The number of halogens is 1. The lowest BCUT2D eigenvalue weighted by molar-refractivity contribution is -0.482. The van der Waals surface area contributed by atoms with Crippen LogP contribution in [0.1, 0.15) is 11.6 Å². The molecule has 1 N–H and O–H groups in total. The molecule has 2 aromatic carbocycles. The molecule has 0 bridgehead atoms. The number of nitrogens with one attached hydrogen (secondary N) is 1. The first kappa shape index (κ1) is 15.7. The lowest BCUT2D eigenvalue weighted by Crippen LogP contribution is -2.20. The zero-order valence-electron chi connectivity index (χ0n) is 11.3. The van der Waals surface area contributed by atoms with Gasteiger partial charge in [-0.25, -0.2) is 0 Å². The molecule has 2 rings (SSSR count). The molecule has 2 aromatic rings. The second kappa shape index (κ2) is 6.86. The molecule has 0 aliphatic heterocycles. The van der Waals surface area contributed by atoms with Gasteiger partial charge in [-0.3, -0.25) is 20.2 Å². The highest BCUT2D eigenvalue weighted by Gasteiger charge is 2.18. The molecule has 0 aliphatic carbocycles. The molecule has 0 aromatic heterocycles. The summed E-state index contributed by atoms with van der Waals surface area (Å²) in [5.74, 6) is 0. The first-order valence-electron chi connectivity index (χ1n) is 6.34. The summed E-state index contributed by atoms with van der Waals surface area (Å²) >= 11 is 5.80. The first-order valence-corrected chi connectivity index (χ1v) is 6.72. The van der Waals surface area contributed by atoms with Crippen LogP contribution in [0.25, 0.3) is 0 Å². The average molecular weight is 322 g/mol. The minimum Gasteiger partial charge on any atom is -0.372 e. The highest BCUT2D eigenvalue weighted by molar-refractivity contribution is 6.30. The van der Waals surface area contributed by atoms with Gasteiger partial charge in [0.2, 0.25) is 6.54 Å². The number of nitrogens with zero attached hydrogens (tertiary/aromatic N) is 2. The van der Waals surface area contributed by atoms with E-state index in [9.17, 15) is 20.2 Å². The Hall–Kier alpha value is -2.67. The first-order chi connectivity index (χ1) is 10.5. The van der Waals surface area contributed by atoms with E-state index in [1.54, 1.807) is 24.3 Å². The van der Waals surface area contributed by atoms with Crippen LogP contribution < -0.4 is 5.32 Å². The molecule has 0 fully saturated rings. The van der Waals surface area contributed by atoms with Gasteiger partial charge in [0.1, 0.15) is 6.04 Å². The smallest absolute Gasteiger partial charge is 0.269 e. The summed E-state index contributed by atoms with van der Waals surface area (Å²) in [6.07, 6.45) is 0. The molecule has 0 heterocycles. The summed E-state index contributed by atoms with van der Waals surface area (Å²) in [6, 6.07) is 11.8. The Kier molecular flexibility index (Phi) is 4.90. The number of hydrogen-bond acceptors (Lipinski definition) is 5. The Morgan fingerprint density at radius 3 is 2.09 bits per heavy atom. The monoisotopic (exact) mass is 321 g/mol. The number of rotatable bonds is 6. The van der Waals surface area contributed by atoms with Crippen LogP contribution >= 0.6 is 11.6 Å². The highest BCUT2D eigenvalue weighted by atomic mass is 35.5. The van der Waals surface area contributed by atoms with Gasteiger partial charge in [-0.2, -0.15) is 0 Å². The quantitative estimate of drug-likeness (QED) is 0.646. The Morgan fingerprint density at radius 2 is 1.59 bits per heavy atom. The Bertz CT molecular complexity index is 673. The van der Waals surface area contributed by atoms with E-state index in [2.05, 4.69) is 5.32 Å². The normalized spacial score (nSPS) is 11.7. The summed E-state index contributed by atoms with van der Waals surface area (Å²) in [4.78, 5) is 20.5. The third kappa shape index (κ3) is 4.16. The van der Waals surface area contributed by atoms with Crippen molar-refractivity contribution in [2.24, 2.45) is 0 Å². The molecular weight excluding hydrogens is 310 g/mol. The van der Waals surface area contributed by atoms with Crippen molar-refractivity contribution in [2.45, 2.75) is 6.04 Å². The summed E-state index contributed by atoms with van der Waals surface area (Å²) in [5, 5.41) is 25.1. The predicted octanol–water partition coefficient (Wildman–Crippen LogP) is 3.68. The number of anilines is 1. The third-order valence-corrected chi connectivity index (χ3v) is 3.28. The van der Waals surface area contributed by atoms with E-state index in [0.717, 1.165) is 0 Å². The van der Waals surface area contributed by atoms with E-state index in [0.29, 0.717) is 16.3 Å². The molecule has 22 heavy (non-hydrogen) atoms. The Balaban J connectivity index is 2.23. The molecule has 1 atom stereocenters. The zero-order valence-corrected chi connectivity index (χ0v) is 12.1. The summed E-state index contributed by atoms with van der Waals surface area (Å²) in [5.41, 5.74) is 1.21. The van der Waals surface area contributed by atoms with Crippen molar-refractivity contribution < 1.29 is 9.85 Å². The van der Waals surface area contributed by atoms with Gasteiger partial charge in [0.15, 0.2) is 0 Å². The molecular formula is C14H12ClN3O4. The van der Waals surface area contributed by atoms with Crippen LogP contribution in [-0.4, -0.2) is 16.4 Å². The van der Waals surface area contributed by atoms with Crippen LogP contribution in [0.15, 0.2) is 48.5 Å². The molecule has 0 radical (unpaired) electrons. The second-order valence-corrected chi connectivity index (χ2v) is 5.00. The van der Waals surface area contributed by atoms with E-state index in [4.69, 9.17) is 11.6 Å². The second-order valence-electron chi connectivity index (χ2n) is 4.57. The summed E-state index contributed by atoms with van der Waals surface area (Å²) in [7, 11) is 0. The van der Waals surface area contributed by atoms with Gasteiger partial charge >= 0.3 is 0 Å².